The van der Waals surface area contributed by atoms with Crippen molar-refractivity contribution in [2.45, 2.75) is 47.1 Å². The second-order valence-electron chi connectivity index (χ2n) is 5.87. The van der Waals surface area contributed by atoms with Gasteiger partial charge in [-0.2, -0.15) is 0 Å². The van der Waals surface area contributed by atoms with E-state index < -0.39 is 16.1 Å². The molecule has 0 aromatic carbocycles. The van der Waals surface area contributed by atoms with E-state index in [1.54, 1.807) is 0 Å². The first-order chi connectivity index (χ1) is 7.44. The molecule has 0 saturated carbocycles. The summed E-state index contributed by atoms with van der Waals surface area (Å²) in [7, 11) is -3.32. The number of sulfonamides is 1. The van der Waals surface area contributed by atoms with Crippen molar-refractivity contribution in [3.63, 3.8) is 0 Å². The van der Waals surface area contributed by atoms with Crippen LogP contribution in [0, 0.1) is 11.3 Å². The van der Waals surface area contributed by atoms with Crippen LogP contribution < -0.4 is 10.5 Å². The van der Waals surface area contributed by atoms with Gasteiger partial charge in [-0.1, -0.05) is 46.8 Å². The van der Waals surface area contributed by atoms with Crippen LogP contribution in [0.4, 0.5) is 0 Å². The molecular weight excluding hydrogens is 256 g/mol. The van der Waals surface area contributed by atoms with Gasteiger partial charge in [0.2, 0.25) is 10.0 Å². The van der Waals surface area contributed by atoms with Crippen LogP contribution in [0.25, 0.3) is 0 Å². The fourth-order valence-corrected chi connectivity index (χ4v) is 3.41. The number of nitrogens with one attached hydrogen (secondary N) is 1. The molecule has 0 fully saturated rings. The van der Waals surface area contributed by atoms with E-state index >= 15 is 0 Å². The molecule has 0 saturated heterocycles. The van der Waals surface area contributed by atoms with Gasteiger partial charge in [-0.25, -0.2) is 13.1 Å². The van der Waals surface area contributed by atoms with E-state index in [9.17, 15) is 8.42 Å². The van der Waals surface area contributed by atoms with E-state index in [-0.39, 0.29) is 22.1 Å². The summed E-state index contributed by atoms with van der Waals surface area (Å²) < 4.78 is 26.3. The molecule has 0 aromatic heterocycles. The zero-order chi connectivity index (χ0) is 13.9. The first-order valence-corrected chi connectivity index (χ1v) is 7.80. The molecule has 17 heavy (non-hydrogen) atoms. The monoisotopic (exact) mass is 280 g/mol. The highest BCUT2D eigenvalue weighted by molar-refractivity contribution is 7.89. The number of thiocarbonyl (C=S) groups is 1. The molecule has 0 bridgehead atoms. The maximum absolute atomic E-state index is 11.9. The third kappa shape index (κ3) is 7.68. The average molecular weight is 280 g/mol. The van der Waals surface area contributed by atoms with Crippen LogP contribution in [0.3, 0.4) is 0 Å². The lowest BCUT2D eigenvalue weighted by molar-refractivity contribution is 0.395. The van der Waals surface area contributed by atoms with Crippen LogP contribution in [-0.4, -0.2) is 25.2 Å². The minimum absolute atomic E-state index is 0.00863. The van der Waals surface area contributed by atoms with Crippen LogP contribution in [0.2, 0.25) is 0 Å². The van der Waals surface area contributed by atoms with E-state index in [0.29, 0.717) is 6.42 Å². The number of nitrogens with two attached hydrogens (primary N) is 1. The highest BCUT2D eigenvalue weighted by atomic mass is 32.2. The Morgan fingerprint density at radius 3 is 2.12 bits per heavy atom. The van der Waals surface area contributed by atoms with Gasteiger partial charge in [0.1, 0.15) is 0 Å². The highest BCUT2D eigenvalue weighted by Crippen LogP contribution is 2.19. The van der Waals surface area contributed by atoms with Crippen molar-refractivity contribution in [1.29, 1.82) is 0 Å². The zero-order valence-electron chi connectivity index (χ0n) is 11.3. The van der Waals surface area contributed by atoms with Crippen molar-refractivity contribution in [2.75, 3.05) is 5.75 Å². The summed E-state index contributed by atoms with van der Waals surface area (Å²) in [6.45, 7) is 9.80. The van der Waals surface area contributed by atoms with E-state index in [1.165, 1.54) is 0 Å². The average Bonchev–Trinajstić information content (AvgIpc) is 2.09. The topological polar surface area (TPSA) is 72.2 Å². The molecule has 102 valence electrons. The maximum atomic E-state index is 11.9. The molecule has 0 aliphatic carbocycles. The Bertz CT molecular complexity index is 356. The predicted octanol–water partition coefficient (Wildman–Crippen LogP) is 1.65. The van der Waals surface area contributed by atoms with Gasteiger partial charge in [0, 0.05) is 0 Å². The van der Waals surface area contributed by atoms with Crippen LogP contribution in [-0.2, 0) is 10.0 Å². The molecule has 0 aromatic rings. The number of rotatable bonds is 6. The van der Waals surface area contributed by atoms with E-state index in [2.05, 4.69) is 4.72 Å². The quantitative estimate of drug-likeness (QED) is 0.726. The lowest BCUT2D eigenvalue weighted by Gasteiger charge is -2.23. The molecule has 0 rings (SSSR count). The van der Waals surface area contributed by atoms with Crippen LogP contribution in [0.5, 0.6) is 0 Å². The predicted molar refractivity (Wildman–Crippen MR) is 76.4 cm³/mol. The van der Waals surface area contributed by atoms with Crippen molar-refractivity contribution in [3.05, 3.63) is 0 Å². The Hall–Kier alpha value is -0.200. The molecule has 0 amide bonds. The molecule has 1 unspecified atom stereocenters. The maximum Gasteiger partial charge on any atom is 0.212 e. The summed E-state index contributed by atoms with van der Waals surface area (Å²) in [5, 5.41) is 0. The van der Waals surface area contributed by atoms with Crippen molar-refractivity contribution in [2.24, 2.45) is 17.1 Å². The normalized spacial score (nSPS) is 14.9. The highest BCUT2D eigenvalue weighted by Gasteiger charge is 2.24. The van der Waals surface area contributed by atoms with Crippen LogP contribution >= 0.6 is 12.2 Å². The lowest BCUT2D eigenvalue weighted by Crippen LogP contribution is -2.47. The van der Waals surface area contributed by atoms with Crippen LogP contribution in [0.1, 0.15) is 41.0 Å². The van der Waals surface area contributed by atoms with E-state index in [4.69, 9.17) is 18.0 Å². The van der Waals surface area contributed by atoms with Crippen molar-refractivity contribution >= 4 is 27.2 Å². The first-order valence-electron chi connectivity index (χ1n) is 5.74. The van der Waals surface area contributed by atoms with Gasteiger partial charge < -0.3 is 5.73 Å². The molecule has 0 radical (unpaired) electrons. The summed E-state index contributed by atoms with van der Waals surface area (Å²) in [6, 6.07) is -0.463. The molecule has 0 heterocycles. The van der Waals surface area contributed by atoms with Crippen LogP contribution in [0.15, 0.2) is 0 Å². The smallest absolute Gasteiger partial charge is 0.212 e. The summed E-state index contributed by atoms with van der Waals surface area (Å²) in [4.78, 5) is 0.194. The Morgan fingerprint density at radius 2 is 1.82 bits per heavy atom. The molecule has 6 heteroatoms. The number of hydrogen-bond acceptors (Lipinski definition) is 3. The largest absolute Gasteiger partial charge is 0.392 e. The summed E-state index contributed by atoms with van der Waals surface area (Å²) in [5.41, 5.74) is 5.52. The number of hydrogen-bond donors (Lipinski definition) is 2. The van der Waals surface area contributed by atoms with Gasteiger partial charge in [0.05, 0.1) is 16.8 Å². The second kappa shape index (κ2) is 6.11. The third-order valence-corrected chi connectivity index (χ3v) is 4.01. The molecule has 0 spiro atoms. The van der Waals surface area contributed by atoms with Gasteiger partial charge in [0.15, 0.2) is 0 Å². The SMILES string of the molecule is CC(C)C(NS(=O)(=O)CCC(C)(C)C)C(N)=S. The second-order valence-corrected chi connectivity index (χ2v) is 8.22. The Balaban J connectivity index is 4.58. The third-order valence-electron chi connectivity index (χ3n) is 2.40. The van der Waals surface area contributed by atoms with E-state index in [0.717, 1.165) is 0 Å². The first kappa shape index (κ1) is 16.8. The Morgan fingerprint density at radius 1 is 1.35 bits per heavy atom. The zero-order valence-corrected chi connectivity index (χ0v) is 12.9. The van der Waals surface area contributed by atoms with Crippen molar-refractivity contribution in [1.82, 2.24) is 4.72 Å². The van der Waals surface area contributed by atoms with Gasteiger partial charge >= 0.3 is 0 Å². The summed E-state index contributed by atoms with van der Waals surface area (Å²) >= 11 is 4.87. The molecule has 0 aliphatic rings. The fraction of sp³-hybridized carbons (Fsp3) is 0.909. The molecular formula is C11H24N2O2S2. The van der Waals surface area contributed by atoms with E-state index in [1.807, 2.05) is 34.6 Å². The van der Waals surface area contributed by atoms with Crippen molar-refractivity contribution in [3.8, 4) is 0 Å². The summed E-state index contributed by atoms with van der Waals surface area (Å²) in [6.07, 6.45) is 0.602. The lowest BCUT2D eigenvalue weighted by atomic mass is 9.94. The molecule has 3 N–H and O–H groups in total. The Labute approximate surface area is 110 Å². The van der Waals surface area contributed by atoms with Gasteiger partial charge in [-0.3, -0.25) is 0 Å². The van der Waals surface area contributed by atoms with Crippen molar-refractivity contribution < 1.29 is 8.42 Å². The standard InChI is InChI=1S/C11H24N2O2S2/c1-8(2)9(10(12)16)13-17(14,15)7-6-11(3,4)5/h8-9,13H,6-7H2,1-5H3,(H2,12,16). The minimum atomic E-state index is -3.32. The molecule has 0 aliphatic heterocycles. The molecule has 1 atom stereocenters. The molecule has 4 nitrogen and oxygen atoms in total. The Kier molecular flexibility index (Phi) is 6.04. The van der Waals surface area contributed by atoms with Gasteiger partial charge in [-0.15, -0.1) is 0 Å². The summed E-state index contributed by atoms with van der Waals surface area (Å²) in [5.74, 6) is 0.152. The minimum Gasteiger partial charge on any atom is -0.392 e. The van der Waals surface area contributed by atoms with Gasteiger partial charge in [-0.05, 0) is 17.8 Å². The van der Waals surface area contributed by atoms with Gasteiger partial charge in [0.25, 0.3) is 0 Å². The fourth-order valence-electron chi connectivity index (χ4n) is 1.22.